The summed E-state index contributed by atoms with van der Waals surface area (Å²) in [4.78, 5) is 14.0. The van der Waals surface area contributed by atoms with Crippen LogP contribution in [0.4, 0.5) is 5.82 Å². The lowest BCUT2D eigenvalue weighted by molar-refractivity contribution is 0.181. The minimum Gasteiger partial charge on any atom is -0.378 e. The number of thiophene rings is 1. The number of H-pyrrole nitrogens is 1. The van der Waals surface area contributed by atoms with Gasteiger partial charge in [0.2, 0.25) is 0 Å². The fourth-order valence-electron chi connectivity index (χ4n) is 2.27. The van der Waals surface area contributed by atoms with Gasteiger partial charge >= 0.3 is 0 Å². The van der Waals surface area contributed by atoms with E-state index in [1.165, 1.54) is 6.33 Å². The van der Waals surface area contributed by atoms with Crippen LogP contribution in [0, 0.1) is 0 Å². The van der Waals surface area contributed by atoms with E-state index >= 15 is 0 Å². The topological polar surface area (TPSA) is 106 Å². The zero-order chi connectivity index (χ0) is 16.4. The summed E-state index contributed by atoms with van der Waals surface area (Å²) in [5, 5.41) is 16.6. The van der Waals surface area contributed by atoms with E-state index in [1.54, 1.807) is 23.0 Å². The van der Waals surface area contributed by atoms with E-state index in [1.807, 2.05) is 23.6 Å². The van der Waals surface area contributed by atoms with E-state index in [0.29, 0.717) is 24.8 Å². The van der Waals surface area contributed by atoms with Crippen molar-refractivity contribution < 1.29 is 4.74 Å². The quantitative estimate of drug-likeness (QED) is 0.549. The van der Waals surface area contributed by atoms with Crippen molar-refractivity contribution >= 4 is 22.9 Å². The summed E-state index contributed by atoms with van der Waals surface area (Å²) in [7, 11) is 1.63. The molecule has 9 nitrogen and oxygen atoms in total. The van der Waals surface area contributed by atoms with Gasteiger partial charge in [0.15, 0.2) is 5.82 Å². The number of nitrogens with zero attached hydrogens (tertiary/aromatic N) is 6. The average molecular weight is 342 g/mol. The minimum atomic E-state index is 0.406. The van der Waals surface area contributed by atoms with E-state index in [0.717, 1.165) is 22.2 Å². The summed E-state index contributed by atoms with van der Waals surface area (Å²) in [6.07, 6.45) is 1.47. The van der Waals surface area contributed by atoms with Crippen molar-refractivity contribution in [2.75, 3.05) is 12.4 Å². The van der Waals surface area contributed by atoms with Crippen LogP contribution in [0.2, 0.25) is 0 Å². The van der Waals surface area contributed by atoms with Gasteiger partial charge in [0.1, 0.15) is 18.0 Å². The number of hydrogen-bond donors (Lipinski definition) is 2. The lowest BCUT2D eigenvalue weighted by atomic mass is 10.4. The van der Waals surface area contributed by atoms with Crippen molar-refractivity contribution in [3.05, 3.63) is 41.4 Å². The third kappa shape index (κ3) is 2.84. The van der Waals surface area contributed by atoms with Gasteiger partial charge in [0.05, 0.1) is 23.7 Å². The van der Waals surface area contributed by atoms with E-state index in [9.17, 15) is 0 Å². The van der Waals surface area contributed by atoms with Crippen LogP contribution in [0.15, 0.2) is 29.9 Å². The summed E-state index contributed by atoms with van der Waals surface area (Å²) < 4.78 is 6.78. The van der Waals surface area contributed by atoms with Crippen LogP contribution in [-0.2, 0) is 17.9 Å². The number of hydrogen-bond acceptors (Lipinski definition) is 8. The molecular weight excluding hydrogens is 328 g/mol. The molecule has 4 heterocycles. The summed E-state index contributed by atoms with van der Waals surface area (Å²) in [6, 6.07) is 5.84. The second kappa shape index (κ2) is 6.34. The second-order valence-electron chi connectivity index (χ2n) is 4.97. The fourth-order valence-corrected chi connectivity index (χ4v) is 2.93. The number of nitrogens with one attached hydrogen (secondary N) is 2. The van der Waals surface area contributed by atoms with Gasteiger partial charge in [0.25, 0.3) is 5.78 Å². The Balaban J connectivity index is 1.55. The molecule has 0 fully saturated rings. The molecule has 4 rings (SSSR count). The van der Waals surface area contributed by atoms with Crippen molar-refractivity contribution in [2.24, 2.45) is 0 Å². The molecule has 0 bridgehead atoms. The maximum atomic E-state index is 5.14. The van der Waals surface area contributed by atoms with Crippen LogP contribution in [0.3, 0.4) is 0 Å². The van der Waals surface area contributed by atoms with Crippen molar-refractivity contribution in [1.82, 2.24) is 34.8 Å². The Kier molecular flexibility index (Phi) is 3.89. The Bertz CT molecular complexity index is 945. The maximum absolute atomic E-state index is 5.14. The summed E-state index contributed by atoms with van der Waals surface area (Å²) in [6.45, 7) is 0.882. The van der Waals surface area contributed by atoms with Gasteiger partial charge in [-0.05, 0) is 11.4 Å². The molecule has 0 saturated heterocycles. The molecule has 0 aliphatic rings. The van der Waals surface area contributed by atoms with E-state index < -0.39 is 0 Å². The molecule has 0 amide bonds. The van der Waals surface area contributed by atoms with Crippen LogP contribution in [-0.4, -0.2) is 41.9 Å². The predicted octanol–water partition coefficient (Wildman–Crippen LogP) is 1.73. The van der Waals surface area contributed by atoms with E-state index in [4.69, 9.17) is 4.74 Å². The first kappa shape index (κ1) is 14.7. The Labute approximate surface area is 140 Å². The Hall–Kier alpha value is -2.85. The molecule has 0 aliphatic heterocycles. The number of aromatic amines is 1. The number of methoxy groups -OCH3 is 1. The first-order valence-corrected chi connectivity index (χ1v) is 8.09. The molecule has 0 aromatic carbocycles. The summed E-state index contributed by atoms with van der Waals surface area (Å²) in [5.41, 5.74) is 0.775. The third-order valence-corrected chi connectivity index (χ3v) is 4.17. The zero-order valence-electron chi connectivity index (χ0n) is 12.8. The molecule has 0 spiro atoms. The molecule has 2 N–H and O–H groups in total. The lowest BCUT2D eigenvalue weighted by Gasteiger charge is -2.08. The standard InChI is InChI=1S/C14H14N8OS/c1-23-7-9-5-12(22-14(18-9)16-8-17-22)15-6-11-19-13(21-20-11)10-3-2-4-24-10/h2-5,8,15H,6-7H2,1H3,(H,19,20,21). The van der Waals surface area contributed by atoms with Crippen LogP contribution in [0.25, 0.3) is 16.5 Å². The Morgan fingerprint density at radius 2 is 2.33 bits per heavy atom. The van der Waals surface area contributed by atoms with E-state index in [-0.39, 0.29) is 0 Å². The highest BCUT2D eigenvalue weighted by molar-refractivity contribution is 7.13. The number of aromatic nitrogens is 7. The lowest BCUT2D eigenvalue weighted by Crippen LogP contribution is -2.09. The second-order valence-corrected chi connectivity index (χ2v) is 5.92. The zero-order valence-corrected chi connectivity index (χ0v) is 13.6. The minimum absolute atomic E-state index is 0.406. The van der Waals surface area contributed by atoms with Crippen molar-refractivity contribution in [2.45, 2.75) is 13.2 Å². The molecule has 4 aromatic rings. The van der Waals surface area contributed by atoms with Gasteiger partial charge in [-0.3, -0.25) is 5.10 Å². The first-order valence-electron chi connectivity index (χ1n) is 7.21. The van der Waals surface area contributed by atoms with Gasteiger partial charge in [0, 0.05) is 13.2 Å². The normalized spacial score (nSPS) is 11.2. The molecule has 122 valence electrons. The van der Waals surface area contributed by atoms with Crippen molar-refractivity contribution in [3.63, 3.8) is 0 Å². The smallest absolute Gasteiger partial charge is 0.254 e. The molecule has 24 heavy (non-hydrogen) atoms. The number of anilines is 1. The highest BCUT2D eigenvalue weighted by atomic mass is 32.1. The number of fused-ring (bicyclic) bond motifs is 1. The van der Waals surface area contributed by atoms with Crippen LogP contribution >= 0.6 is 11.3 Å². The van der Waals surface area contributed by atoms with Gasteiger partial charge < -0.3 is 10.1 Å². The highest BCUT2D eigenvalue weighted by Gasteiger charge is 2.10. The van der Waals surface area contributed by atoms with Gasteiger partial charge in [-0.25, -0.2) is 9.97 Å². The van der Waals surface area contributed by atoms with Crippen LogP contribution in [0.5, 0.6) is 0 Å². The van der Waals surface area contributed by atoms with Gasteiger partial charge in [-0.1, -0.05) is 6.07 Å². The van der Waals surface area contributed by atoms with Crippen molar-refractivity contribution in [1.29, 1.82) is 0 Å². The molecule has 0 saturated carbocycles. The Morgan fingerprint density at radius 1 is 1.38 bits per heavy atom. The van der Waals surface area contributed by atoms with Crippen LogP contribution < -0.4 is 5.32 Å². The third-order valence-electron chi connectivity index (χ3n) is 3.31. The average Bonchev–Trinajstić information content (AvgIpc) is 3.32. The first-order chi connectivity index (χ1) is 11.8. The molecule has 0 radical (unpaired) electrons. The molecular formula is C14H14N8OS. The fraction of sp³-hybridized carbons (Fsp3) is 0.214. The highest BCUT2D eigenvalue weighted by Crippen LogP contribution is 2.20. The molecule has 0 aliphatic carbocycles. The molecule has 0 unspecified atom stereocenters. The van der Waals surface area contributed by atoms with Gasteiger partial charge in [-0.15, -0.1) is 11.3 Å². The van der Waals surface area contributed by atoms with Gasteiger partial charge in [-0.2, -0.15) is 19.7 Å². The number of rotatable bonds is 6. The molecule has 4 aromatic heterocycles. The maximum Gasteiger partial charge on any atom is 0.254 e. The molecule has 10 heteroatoms. The largest absolute Gasteiger partial charge is 0.378 e. The predicted molar refractivity (Wildman–Crippen MR) is 88.5 cm³/mol. The summed E-state index contributed by atoms with van der Waals surface area (Å²) in [5.74, 6) is 2.71. The number of ether oxygens (including phenoxy) is 1. The SMILES string of the molecule is COCc1cc(NCc2nc(-c3cccs3)n[nH]2)n2ncnc2n1. The molecule has 0 atom stereocenters. The monoisotopic (exact) mass is 342 g/mol. The van der Waals surface area contributed by atoms with E-state index in [2.05, 4.69) is 35.6 Å². The van der Waals surface area contributed by atoms with Crippen LogP contribution in [0.1, 0.15) is 11.5 Å². The van der Waals surface area contributed by atoms with Crippen molar-refractivity contribution in [3.8, 4) is 10.7 Å². The summed E-state index contributed by atoms with van der Waals surface area (Å²) >= 11 is 1.60. The Morgan fingerprint density at radius 3 is 3.17 bits per heavy atom.